The van der Waals surface area contributed by atoms with E-state index in [0.29, 0.717) is 5.54 Å². The van der Waals surface area contributed by atoms with Gasteiger partial charge < -0.3 is 10.4 Å². The first-order valence-corrected chi connectivity index (χ1v) is 5.96. The van der Waals surface area contributed by atoms with Crippen LogP contribution in [0.15, 0.2) is 0 Å². The van der Waals surface area contributed by atoms with Crippen molar-refractivity contribution in [3.05, 3.63) is 0 Å². The summed E-state index contributed by atoms with van der Waals surface area (Å²) < 4.78 is 0. The van der Waals surface area contributed by atoms with Crippen molar-refractivity contribution in [3.63, 3.8) is 0 Å². The highest BCUT2D eigenvalue weighted by Crippen LogP contribution is 2.35. The minimum atomic E-state index is 0.0672. The van der Waals surface area contributed by atoms with Gasteiger partial charge in [0.25, 0.3) is 0 Å². The molecule has 2 heteroatoms. The molecule has 0 amide bonds. The Morgan fingerprint density at radius 2 is 2.00 bits per heavy atom. The molecule has 1 fully saturated rings. The van der Waals surface area contributed by atoms with Gasteiger partial charge in [-0.05, 0) is 32.1 Å². The second-order valence-corrected chi connectivity index (χ2v) is 5.16. The Morgan fingerprint density at radius 3 is 2.29 bits per heavy atom. The molecule has 0 radical (unpaired) electrons. The highest BCUT2D eigenvalue weighted by atomic mass is 16.3. The Kier molecular flexibility index (Phi) is 3.96. The molecule has 2 N–H and O–H groups in total. The van der Waals surface area contributed by atoms with Gasteiger partial charge in [0.2, 0.25) is 0 Å². The van der Waals surface area contributed by atoms with E-state index in [4.69, 9.17) is 0 Å². The Balaban J connectivity index is 2.37. The third-order valence-corrected chi connectivity index (χ3v) is 4.11. The van der Waals surface area contributed by atoms with Crippen LogP contribution in [0.4, 0.5) is 0 Å². The summed E-state index contributed by atoms with van der Waals surface area (Å²) in [6, 6.07) is 0. The van der Waals surface area contributed by atoms with Crippen molar-refractivity contribution in [2.75, 3.05) is 13.2 Å². The number of aliphatic hydroxyl groups is 1. The largest absolute Gasteiger partial charge is 0.396 e. The van der Waals surface area contributed by atoms with Crippen LogP contribution in [-0.2, 0) is 0 Å². The van der Waals surface area contributed by atoms with Crippen LogP contribution in [0.5, 0.6) is 0 Å². The Morgan fingerprint density at radius 1 is 1.36 bits per heavy atom. The minimum Gasteiger partial charge on any atom is -0.396 e. The smallest absolute Gasteiger partial charge is 0.0496 e. The summed E-state index contributed by atoms with van der Waals surface area (Å²) in [5.41, 5.74) is 0.476. The summed E-state index contributed by atoms with van der Waals surface area (Å²) >= 11 is 0. The second-order valence-electron chi connectivity index (χ2n) is 5.16. The van der Waals surface area contributed by atoms with Gasteiger partial charge in [-0.2, -0.15) is 0 Å². The predicted octanol–water partition coefficient (Wildman–Crippen LogP) is 2.32. The van der Waals surface area contributed by atoms with Crippen LogP contribution >= 0.6 is 0 Å². The first-order valence-electron chi connectivity index (χ1n) is 5.96. The lowest BCUT2D eigenvalue weighted by molar-refractivity contribution is 0.0977. The molecule has 0 saturated heterocycles. The van der Waals surface area contributed by atoms with Crippen LogP contribution in [-0.4, -0.2) is 23.8 Å². The maximum absolute atomic E-state index is 9.31. The average molecular weight is 199 g/mol. The van der Waals surface area contributed by atoms with E-state index in [9.17, 15) is 5.11 Å². The highest BCUT2D eigenvalue weighted by Gasteiger charge is 2.36. The molecule has 0 aliphatic heterocycles. The maximum Gasteiger partial charge on any atom is 0.0496 e. The van der Waals surface area contributed by atoms with Crippen LogP contribution < -0.4 is 5.32 Å². The van der Waals surface area contributed by atoms with Crippen molar-refractivity contribution in [1.82, 2.24) is 5.32 Å². The van der Waals surface area contributed by atoms with Gasteiger partial charge in [-0.1, -0.05) is 20.8 Å². The molecule has 0 bridgehead atoms. The number of nitrogens with one attached hydrogen (secondary N) is 1. The third-order valence-electron chi connectivity index (χ3n) is 4.11. The summed E-state index contributed by atoms with van der Waals surface area (Å²) in [7, 11) is 0. The molecule has 14 heavy (non-hydrogen) atoms. The van der Waals surface area contributed by atoms with E-state index in [1.807, 2.05) is 0 Å². The summed E-state index contributed by atoms with van der Waals surface area (Å²) in [6.45, 7) is 7.80. The molecular formula is C12H25NO. The molecule has 1 unspecified atom stereocenters. The molecule has 0 heterocycles. The molecule has 0 aromatic carbocycles. The predicted molar refractivity (Wildman–Crippen MR) is 60.4 cm³/mol. The zero-order chi connectivity index (χ0) is 10.7. The Labute approximate surface area is 88.1 Å². The van der Waals surface area contributed by atoms with Crippen LogP contribution in [0.25, 0.3) is 0 Å². The molecular weight excluding hydrogens is 174 g/mol. The quantitative estimate of drug-likeness (QED) is 0.688. The second kappa shape index (κ2) is 4.63. The minimum absolute atomic E-state index is 0.0672. The standard InChI is InChI=1S/C12H25NO/c1-4-11(3,10-14)9-13-12(5-2)7-6-8-12/h13-14H,4-10H2,1-3H3. The topological polar surface area (TPSA) is 32.3 Å². The van der Waals surface area contributed by atoms with E-state index in [1.54, 1.807) is 0 Å². The molecule has 1 saturated carbocycles. The summed E-state index contributed by atoms with van der Waals surface area (Å²) in [4.78, 5) is 0. The first-order chi connectivity index (χ1) is 6.60. The zero-order valence-electron chi connectivity index (χ0n) is 9.90. The van der Waals surface area contributed by atoms with Gasteiger partial charge >= 0.3 is 0 Å². The van der Waals surface area contributed by atoms with Crippen LogP contribution in [0.3, 0.4) is 0 Å². The van der Waals surface area contributed by atoms with Gasteiger partial charge in [-0.15, -0.1) is 0 Å². The van der Waals surface area contributed by atoms with E-state index in [-0.39, 0.29) is 12.0 Å². The molecule has 1 aliphatic carbocycles. The lowest BCUT2D eigenvalue weighted by Gasteiger charge is -2.44. The average Bonchev–Trinajstić information content (AvgIpc) is 2.16. The molecule has 84 valence electrons. The normalized spacial score (nSPS) is 24.0. The summed E-state index contributed by atoms with van der Waals surface area (Å²) in [5, 5.41) is 13.0. The van der Waals surface area contributed by atoms with Gasteiger partial charge in [0.15, 0.2) is 0 Å². The first kappa shape index (κ1) is 12.0. The van der Waals surface area contributed by atoms with E-state index in [0.717, 1.165) is 13.0 Å². The van der Waals surface area contributed by atoms with Gasteiger partial charge in [0.1, 0.15) is 0 Å². The fraction of sp³-hybridized carbons (Fsp3) is 1.00. The Bertz CT molecular complexity index is 153. The molecule has 0 aromatic heterocycles. The fourth-order valence-corrected chi connectivity index (χ4v) is 1.95. The summed E-state index contributed by atoms with van der Waals surface area (Å²) in [6.07, 6.45) is 6.25. The lowest BCUT2D eigenvalue weighted by atomic mass is 9.74. The van der Waals surface area contributed by atoms with Gasteiger partial charge in [0.05, 0.1) is 0 Å². The number of hydrogen-bond donors (Lipinski definition) is 2. The van der Waals surface area contributed by atoms with Gasteiger partial charge in [-0.25, -0.2) is 0 Å². The molecule has 0 spiro atoms. The van der Waals surface area contributed by atoms with Crippen LogP contribution in [0.1, 0.15) is 52.9 Å². The van der Waals surface area contributed by atoms with E-state index in [2.05, 4.69) is 26.1 Å². The van der Waals surface area contributed by atoms with Crippen LogP contribution in [0, 0.1) is 5.41 Å². The lowest BCUT2D eigenvalue weighted by Crippen LogP contribution is -2.53. The monoisotopic (exact) mass is 199 g/mol. The van der Waals surface area contributed by atoms with E-state index in [1.165, 1.54) is 25.7 Å². The number of rotatable bonds is 6. The van der Waals surface area contributed by atoms with Crippen molar-refractivity contribution in [3.8, 4) is 0 Å². The highest BCUT2D eigenvalue weighted by molar-refractivity contribution is 4.96. The number of hydrogen-bond acceptors (Lipinski definition) is 2. The van der Waals surface area contributed by atoms with E-state index >= 15 is 0 Å². The van der Waals surface area contributed by atoms with Crippen molar-refractivity contribution in [2.24, 2.45) is 5.41 Å². The maximum atomic E-state index is 9.31. The van der Waals surface area contributed by atoms with Crippen molar-refractivity contribution in [2.45, 2.75) is 58.4 Å². The Hall–Kier alpha value is -0.0800. The zero-order valence-corrected chi connectivity index (χ0v) is 9.90. The molecule has 0 aromatic rings. The van der Waals surface area contributed by atoms with E-state index < -0.39 is 0 Å². The van der Waals surface area contributed by atoms with Crippen molar-refractivity contribution < 1.29 is 5.11 Å². The van der Waals surface area contributed by atoms with Crippen molar-refractivity contribution in [1.29, 1.82) is 0 Å². The number of aliphatic hydroxyl groups excluding tert-OH is 1. The molecule has 2 nitrogen and oxygen atoms in total. The molecule has 1 rings (SSSR count). The molecule has 1 atom stereocenters. The third kappa shape index (κ3) is 2.48. The van der Waals surface area contributed by atoms with Gasteiger partial charge in [0, 0.05) is 24.1 Å². The molecule has 1 aliphatic rings. The fourth-order valence-electron chi connectivity index (χ4n) is 1.95. The van der Waals surface area contributed by atoms with Crippen LogP contribution in [0.2, 0.25) is 0 Å². The SMILES string of the molecule is CCC(C)(CO)CNC1(CC)CCC1. The summed E-state index contributed by atoms with van der Waals surface area (Å²) in [5.74, 6) is 0. The van der Waals surface area contributed by atoms with Gasteiger partial charge in [-0.3, -0.25) is 0 Å². The van der Waals surface area contributed by atoms with Crippen molar-refractivity contribution >= 4 is 0 Å².